The van der Waals surface area contributed by atoms with Crippen LogP contribution in [0.25, 0.3) is 0 Å². The van der Waals surface area contributed by atoms with Gasteiger partial charge in [0.2, 0.25) is 0 Å². The molecule has 0 amide bonds. The monoisotopic (exact) mass is 464 g/mol. The molecule has 3 N–H and O–H groups in total. The molecule has 2 rings (SSSR count). The van der Waals surface area contributed by atoms with Gasteiger partial charge < -0.3 is 20.6 Å². The highest BCUT2D eigenvalue weighted by Crippen LogP contribution is 2.17. The maximum atomic E-state index is 10.7. The van der Waals surface area contributed by atoms with Gasteiger partial charge in [0.1, 0.15) is 5.82 Å². The molecule has 1 aromatic carbocycles. The zero-order chi connectivity index (χ0) is 24.8. The standard InChI is InChI=1S/C28H40N4O2/c1-5-32(17-9-11-23(3)19-29-16-7-6-12-24(4)28(33)34)27-15-14-26(21-31-27)30-20-25-13-8-10-22(2)18-25/h6-8,10,12-15,18,21,23,29-30H,5,9,11,16-17,19-20H2,1-4H3,(H,33,34)/b7-6-,24-12+. The molecule has 2 aromatic rings. The maximum absolute atomic E-state index is 10.7. The van der Waals surface area contributed by atoms with Crippen LogP contribution in [0.4, 0.5) is 11.5 Å². The fourth-order valence-corrected chi connectivity index (χ4v) is 3.64. The first-order chi connectivity index (χ1) is 16.4. The van der Waals surface area contributed by atoms with Crippen molar-refractivity contribution in [2.45, 2.75) is 47.1 Å². The molecule has 1 heterocycles. The number of benzene rings is 1. The number of nitrogens with one attached hydrogen (secondary N) is 2. The van der Waals surface area contributed by atoms with E-state index in [9.17, 15) is 4.79 Å². The van der Waals surface area contributed by atoms with Crippen molar-refractivity contribution in [1.29, 1.82) is 0 Å². The first-order valence-electron chi connectivity index (χ1n) is 12.2. The molecule has 0 aliphatic carbocycles. The van der Waals surface area contributed by atoms with E-state index < -0.39 is 5.97 Å². The average molecular weight is 465 g/mol. The number of aryl methyl sites for hydroxylation is 1. The molecular formula is C28H40N4O2. The largest absolute Gasteiger partial charge is 0.478 e. The van der Waals surface area contributed by atoms with Crippen molar-refractivity contribution < 1.29 is 9.90 Å². The molecule has 1 unspecified atom stereocenters. The lowest BCUT2D eigenvalue weighted by Crippen LogP contribution is -2.26. The van der Waals surface area contributed by atoms with E-state index in [0.29, 0.717) is 11.5 Å². The number of pyridine rings is 1. The highest BCUT2D eigenvalue weighted by atomic mass is 16.4. The van der Waals surface area contributed by atoms with Crippen LogP contribution in [0.15, 0.2) is 66.4 Å². The normalized spacial score (nSPS) is 12.6. The van der Waals surface area contributed by atoms with Gasteiger partial charge in [0, 0.05) is 31.8 Å². The van der Waals surface area contributed by atoms with Crippen molar-refractivity contribution in [3.8, 4) is 0 Å². The quantitative estimate of drug-likeness (QED) is 0.186. The predicted molar refractivity (Wildman–Crippen MR) is 142 cm³/mol. The van der Waals surface area contributed by atoms with Gasteiger partial charge in [-0.25, -0.2) is 9.78 Å². The van der Waals surface area contributed by atoms with E-state index in [1.54, 1.807) is 19.1 Å². The summed E-state index contributed by atoms with van der Waals surface area (Å²) in [5.74, 6) is 0.710. The molecule has 1 atom stereocenters. The number of carbonyl (C=O) groups is 1. The van der Waals surface area contributed by atoms with Crippen LogP contribution in [0.2, 0.25) is 0 Å². The van der Waals surface area contributed by atoms with Gasteiger partial charge in [0.05, 0.1) is 11.9 Å². The summed E-state index contributed by atoms with van der Waals surface area (Å²) in [5, 5.41) is 15.7. The van der Waals surface area contributed by atoms with Crippen molar-refractivity contribution in [2.75, 3.05) is 36.4 Å². The number of nitrogens with zero attached hydrogens (tertiary/aromatic N) is 2. The Balaban J connectivity index is 1.68. The molecule has 34 heavy (non-hydrogen) atoms. The minimum atomic E-state index is -0.881. The third-order valence-electron chi connectivity index (χ3n) is 5.73. The minimum Gasteiger partial charge on any atom is -0.478 e. The van der Waals surface area contributed by atoms with E-state index in [1.807, 2.05) is 12.3 Å². The summed E-state index contributed by atoms with van der Waals surface area (Å²) in [6, 6.07) is 12.7. The molecule has 1 aromatic heterocycles. The summed E-state index contributed by atoms with van der Waals surface area (Å²) in [6.45, 7) is 12.5. The summed E-state index contributed by atoms with van der Waals surface area (Å²) in [7, 11) is 0. The van der Waals surface area contributed by atoms with Gasteiger partial charge in [-0.05, 0) is 63.8 Å². The SMILES string of the molecule is CCN(CCCC(C)CNC/C=C\C=C(/C)C(=O)O)c1ccc(NCc2cccc(C)c2)cn1. The first kappa shape index (κ1) is 27.1. The number of anilines is 2. The highest BCUT2D eigenvalue weighted by Gasteiger charge is 2.08. The summed E-state index contributed by atoms with van der Waals surface area (Å²) >= 11 is 0. The summed E-state index contributed by atoms with van der Waals surface area (Å²) in [4.78, 5) is 17.7. The topological polar surface area (TPSA) is 77.5 Å². The van der Waals surface area contributed by atoms with E-state index in [1.165, 1.54) is 11.1 Å². The Morgan fingerprint density at radius 1 is 1.26 bits per heavy atom. The molecule has 0 radical (unpaired) electrons. The van der Waals surface area contributed by atoms with E-state index >= 15 is 0 Å². The molecule has 0 saturated heterocycles. The number of aromatic nitrogens is 1. The highest BCUT2D eigenvalue weighted by molar-refractivity contribution is 5.86. The molecule has 0 aliphatic heterocycles. The fraction of sp³-hybridized carbons (Fsp3) is 0.429. The number of rotatable bonds is 15. The van der Waals surface area contributed by atoms with Crippen molar-refractivity contribution in [1.82, 2.24) is 10.3 Å². The molecule has 0 saturated carbocycles. The first-order valence-corrected chi connectivity index (χ1v) is 12.2. The Kier molecular flexibility index (Phi) is 11.9. The van der Waals surface area contributed by atoms with Crippen LogP contribution in [-0.2, 0) is 11.3 Å². The van der Waals surface area contributed by atoms with Crippen molar-refractivity contribution >= 4 is 17.5 Å². The third kappa shape index (κ3) is 10.2. The van der Waals surface area contributed by atoms with Crippen LogP contribution in [0.1, 0.15) is 44.7 Å². The molecule has 0 spiro atoms. The van der Waals surface area contributed by atoms with Crippen LogP contribution in [0, 0.1) is 12.8 Å². The van der Waals surface area contributed by atoms with Gasteiger partial charge in [-0.1, -0.05) is 55.0 Å². The van der Waals surface area contributed by atoms with E-state index in [-0.39, 0.29) is 0 Å². The van der Waals surface area contributed by atoms with Gasteiger partial charge in [0.15, 0.2) is 0 Å². The van der Waals surface area contributed by atoms with Gasteiger partial charge in [0.25, 0.3) is 0 Å². The molecule has 184 valence electrons. The van der Waals surface area contributed by atoms with Gasteiger partial charge in [-0.3, -0.25) is 0 Å². The number of hydrogen-bond acceptors (Lipinski definition) is 5. The molecule has 0 bridgehead atoms. The Labute approximate surface area is 204 Å². The van der Waals surface area contributed by atoms with Gasteiger partial charge in [-0.2, -0.15) is 0 Å². The Morgan fingerprint density at radius 2 is 2.09 bits per heavy atom. The van der Waals surface area contributed by atoms with Crippen LogP contribution < -0.4 is 15.5 Å². The van der Waals surface area contributed by atoms with E-state index in [4.69, 9.17) is 5.11 Å². The number of aliphatic carboxylic acids is 1. The number of carboxylic acids is 1. The second-order valence-electron chi connectivity index (χ2n) is 8.82. The molecular weight excluding hydrogens is 424 g/mol. The van der Waals surface area contributed by atoms with E-state index in [2.05, 4.69) is 77.7 Å². The molecule has 6 heteroatoms. The van der Waals surface area contributed by atoms with Crippen molar-refractivity contribution in [3.63, 3.8) is 0 Å². The Morgan fingerprint density at radius 3 is 2.76 bits per heavy atom. The molecule has 6 nitrogen and oxygen atoms in total. The van der Waals surface area contributed by atoms with Crippen molar-refractivity contribution in [3.05, 3.63) is 77.5 Å². The van der Waals surface area contributed by atoms with E-state index in [0.717, 1.165) is 57.1 Å². The second kappa shape index (κ2) is 14.9. The fourth-order valence-electron chi connectivity index (χ4n) is 3.64. The third-order valence-corrected chi connectivity index (χ3v) is 5.73. The Bertz CT molecular complexity index is 938. The van der Waals surface area contributed by atoms with Crippen molar-refractivity contribution in [2.24, 2.45) is 5.92 Å². The Hall–Kier alpha value is -3.12. The van der Waals surface area contributed by atoms with Gasteiger partial charge in [-0.15, -0.1) is 0 Å². The number of carboxylic acid groups (broad SMARTS) is 1. The van der Waals surface area contributed by atoms with Crippen LogP contribution in [-0.4, -0.2) is 42.2 Å². The number of hydrogen-bond donors (Lipinski definition) is 3. The predicted octanol–water partition coefficient (Wildman–Crippen LogP) is 5.42. The lowest BCUT2D eigenvalue weighted by molar-refractivity contribution is -0.132. The summed E-state index contributed by atoms with van der Waals surface area (Å²) < 4.78 is 0. The summed E-state index contributed by atoms with van der Waals surface area (Å²) in [6.07, 6.45) is 9.53. The zero-order valence-electron chi connectivity index (χ0n) is 21.1. The van der Waals surface area contributed by atoms with Crippen LogP contribution >= 0.6 is 0 Å². The lowest BCUT2D eigenvalue weighted by Gasteiger charge is -2.23. The average Bonchev–Trinajstić information content (AvgIpc) is 2.83. The second-order valence-corrected chi connectivity index (χ2v) is 8.82. The van der Waals surface area contributed by atoms with Crippen LogP contribution in [0.3, 0.4) is 0 Å². The van der Waals surface area contributed by atoms with Gasteiger partial charge >= 0.3 is 5.97 Å². The number of allylic oxidation sites excluding steroid dienone is 2. The molecule has 0 fully saturated rings. The molecule has 0 aliphatic rings. The lowest BCUT2D eigenvalue weighted by atomic mass is 10.1. The zero-order valence-corrected chi connectivity index (χ0v) is 21.1. The maximum Gasteiger partial charge on any atom is 0.331 e. The van der Waals surface area contributed by atoms with Crippen LogP contribution in [0.5, 0.6) is 0 Å². The smallest absolute Gasteiger partial charge is 0.331 e. The minimum absolute atomic E-state index is 0.341. The summed E-state index contributed by atoms with van der Waals surface area (Å²) in [5.41, 5.74) is 3.91.